The molecule has 2 saturated heterocycles. The van der Waals surface area contributed by atoms with Crippen molar-refractivity contribution in [2.75, 3.05) is 19.7 Å². The number of likely N-dealkylation sites (tertiary alicyclic amines) is 2. The van der Waals surface area contributed by atoms with Crippen LogP contribution in [0, 0.1) is 11.3 Å². The van der Waals surface area contributed by atoms with Gasteiger partial charge in [-0.1, -0.05) is 49.5 Å². The van der Waals surface area contributed by atoms with Gasteiger partial charge in [0.15, 0.2) is 0 Å². The summed E-state index contributed by atoms with van der Waals surface area (Å²) >= 11 is 0. The number of alkyl carbamates (subject to hydrolysis) is 1. The average molecular weight is 562 g/mol. The molecule has 2 fully saturated rings. The molecule has 2 heterocycles. The van der Waals surface area contributed by atoms with Crippen molar-refractivity contribution in [3.8, 4) is 6.07 Å². The van der Waals surface area contributed by atoms with Gasteiger partial charge >= 0.3 is 13.2 Å². The van der Waals surface area contributed by atoms with Crippen molar-refractivity contribution in [1.29, 1.82) is 5.26 Å². The fourth-order valence-electron chi connectivity index (χ4n) is 5.98. The Kier molecular flexibility index (Phi) is 10.7. The number of nitrogens with zero attached hydrogens (tertiary/aromatic N) is 3. The van der Waals surface area contributed by atoms with Gasteiger partial charge in [-0.05, 0) is 84.0 Å². The molecule has 2 amide bonds. The minimum atomic E-state index is -1.75. The predicted octanol–water partition coefficient (Wildman–Crippen LogP) is 3.17. The van der Waals surface area contributed by atoms with Crippen LogP contribution in [0.2, 0.25) is 5.31 Å². The van der Waals surface area contributed by atoms with E-state index in [0.29, 0.717) is 32.2 Å². The molecule has 220 valence electrons. The van der Waals surface area contributed by atoms with E-state index in [-0.39, 0.29) is 29.4 Å². The van der Waals surface area contributed by atoms with Crippen molar-refractivity contribution in [2.45, 2.75) is 102 Å². The maximum Gasteiger partial charge on any atom is 0.475 e. The molecule has 4 unspecified atom stereocenters. The second-order valence-electron chi connectivity index (χ2n) is 12.7. The largest absolute Gasteiger partial charge is 0.475 e. The fraction of sp³-hybridized carbons (Fsp3) is 0.633. The maximum atomic E-state index is 13.9. The summed E-state index contributed by atoms with van der Waals surface area (Å²) in [6, 6.07) is 11.6. The van der Waals surface area contributed by atoms with Crippen LogP contribution in [0.5, 0.6) is 0 Å². The number of rotatable bonds is 11. The lowest BCUT2D eigenvalue weighted by molar-refractivity contribution is -0.134. The van der Waals surface area contributed by atoms with Crippen molar-refractivity contribution in [3.05, 3.63) is 47.5 Å². The molecule has 1 aromatic carbocycles. The molecule has 0 bridgehead atoms. The van der Waals surface area contributed by atoms with Crippen LogP contribution in [0.4, 0.5) is 4.79 Å². The molecule has 9 nitrogen and oxygen atoms in total. The number of benzene rings is 1. The Morgan fingerprint density at radius 1 is 1.29 bits per heavy atom. The molecule has 11 heteroatoms. The summed E-state index contributed by atoms with van der Waals surface area (Å²) in [6.45, 7) is 11.2. The third-order valence-corrected chi connectivity index (χ3v) is 8.59. The van der Waals surface area contributed by atoms with E-state index in [1.165, 1.54) is 0 Å². The second-order valence-corrected chi connectivity index (χ2v) is 12.7. The molecule has 0 aliphatic carbocycles. The van der Waals surface area contributed by atoms with E-state index in [2.05, 4.69) is 16.3 Å². The molecule has 2 radical (unpaired) electrons. The van der Waals surface area contributed by atoms with Gasteiger partial charge < -0.3 is 25.0 Å². The zero-order chi connectivity index (χ0) is 30.4. The van der Waals surface area contributed by atoms with Crippen molar-refractivity contribution in [3.63, 3.8) is 0 Å². The van der Waals surface area contributed by atoms with Crippen molar-refractivity contribution in [1.82, 2.24) is 15.1 Å². The van der Waals surface area contributed by atoms with Crippen LogP contribution in [0.1, 0.15) is 72.3 Å². The summed E-state index contributed by atoms with van der Waals surface area (Å²) in [6.07, 6.45) is 4.65. The molecule has 4 atom stereocenters. The number of hydrogen-bond donors (Lipinski definition) is 3. The number of carbonyl (C=O) groups excluding carboxylic acids is 2. The van der Waals surface area contributed by atoms with E-state index in [1.807, 2.05) is 65.0 Å². The Morgan fingerprint density at radius 3 is 2.54 bits per heavy atom. The lowest BCUT2D eigenvalue weighted by atomic mass is 9.70. The lowest BCUT2D eigenvalue weighted by Crippen LogP contribution is -2.54. The van der Waals surface area contributed by atoms with Crippen LogP contribution >= 0.6 is 0 Å². The maximum absolute atomic E-state index is 13.9. The highest BCUT2D eigenvalue weighted by Crippen LogP contribution is 2.39. The molecular weight excluding hydrogens is 518 g/mol. The van der Waals surface area contributed by atoms with E-state index in [0.717, 1.165) is 24.9 Å². The van der Waals surface area contributed by atoms with Crippen LogP contribution in [0.15, 0.2) is 42.0 Å². The van der Waals surface area contributed by atoms with E-state index >= 15 is 0 Å². The van der Waals surface area contributed by atoms with Gasteiger partial charge in [0.05, 0.1) is 19.3 Å². The summed E-state index contributed by atoms with van der Waals surface area (Å²) < 4.78 is 5.56. The Bertz CT molecular complexity index is 1140. The summed E-state index contributed by atoms with van der Waals surface area (Å²) in [4.78, 5) is 30.5. The average Bonchev–Trinajstić information content (AvgIpc) is 3.47. The van der Waals surface area contributed by atoms with E-state index in [4.69, 9.17) is 12.6 Å². The topological polar surface area (TPSA) is 126 Å². The third-order valence-electron chi connectivity index (χ3n) is 8.59. The fourth-order valence-corrected chi connectivity index (χ4v) is 5.98. The molecule has 0 spiro atoms. The normalized spacial score (nSPS) is 26.0. The number of nitriles is 1. The van der Waals surface area contributed by atoms with Crippen LogP contribution in [0.3, 0.4) is 0 Å². The molecule has 41 heavy (non-hydrogen) atoms. The molecule has 2 aliphatic rings. The molecule has 0 saturated carbocycles. The second kappa shape index (κ2) is 13.5. The van der Waals surface area contributed by atoms with Gasteiger partial charge in [-0.15, -0.1) is 0 Å². The summed E-state index contributed by atoms with van der Waals surface area (Å²) in [5.74, 6) is -1.30. The van der Waals surface area contributed by atoms with E-state index in [9.17, 15) is 24.9 Å². The number of aryl methyl sites for hydroxylation is 1. The standard InChI is InChI=1S/C30H44B2N4O5/c1-6-24-14-15-30(5,21-41-27(38)34-25(32(39)40)13-12-22-10-8-7-9-11-22)36(24)26(37)23(19-33)18-28(2,3)35-17-16-29(4,31)20-35/h7-11,18,24-25,39-40H,6,12-17,20-21H2,1-5H3,(H,34,38)/b23-18+. The summed E-state index contributed by atoms with van der Waals surface area (Å²) in [5.41, 5.74) is -0.305. The predicted molar refractivity (Wildman–Crippen MR) is 160 cm³/mol. The number of carbonyl (C=O) groups is 2. The minimum absolute atomic E-state index is 0.0565. The van der Waals surface area contributed by atoms with Crippen LogP contribution in [-0.4, -0.2) is 89.6 Å². The Morgan fingerprint density at radius 2 is 1.98 bits per heavy atom. The number of ether oxygens (including phenoxy) is 1. The van der Waals surface area contributed by atoms with Gasteiger partial charge in [0.25, 0.3) is 5.91 Å². The highest BCUT2D eigenvalue weighted by Gasteiger charge is 2.47. The number of nitrogens with one attached hydrogen (secondary N) is 1. The molecule has 0 aromatic heterocycles. The number of hydrogen-bond acceptors (Lipinski definition) is 7. The zero-order valence-corrected chi connectivity index (χ0v) is 25.1. The van der Waals surface area contributed by atoms with Gasteiger partial charge in [0.2, 0.25) is 0 Å². The Labute approximate surface area is 246 Å². The van der Waals surface area contributed by atoms with Crippen molar-refractivity contribution >= 4 is 27.0 Å². The monoisotopic (exact) mass is 562 g/mol. The summed E-state index contributed by atoms with van der Waals surface area (Å²) in [5, 5.41) is 31.9. The number of amides is 2. The smallest absolute Gasteiger partial charge is 0.447 e. The SMILES string of the molecule is [B]C1(C)CCN(C(C)(C)/C=C(\C#N)C(=O)N2C(CC)CCC2(C)COC(=O)NC(CCc2ccccc2)B(O)O)C1. The first-order valence-electron chi connectivity index (χ1n) is 14.6. The molecule has 3 rings (SSSR count). The highest BCUT2D eigenvalue weighted by atomic mass is 16.6. The Hall–Kier alpha value is -2.80. The molecule has 1 aromatic rings. The van der Waals surface area contributed by atoms with Crippen molar-refractivity contribution in [2.24, 2.45) is 0 Å². The quantitative estimate of drug-likeness (QED) is 0.215. The highest BCUT2D eigenvalue weighted by molar-refractivity contribution is 6.43. The first-order valence-corrected chi connectivity index (χ1v) is 14.6. The molecule has 3 N–H and O–H groups in total. The van der Waals surface area contributed by atoms with Gasteiger partial charge in [0.1, 0.15) is 18.2 Å². The summed E-state index contributed by atoms with van der Waals surface area (Å²) in [7, 11) is 4.58. The van der Waals surface area contributed by atoms with Crippen molar-refractivity contribution < 1.29 is 24.4 Å². The molecular formula is C30H44B2N4O5. The lowest BCUT2D eigenvalue weighted by Gasteiger charge is -2.39. The van der Waals surface area contributed by atoms with Gasteiger partial charge in [-0.2, -0.15) is 5.26 Å². The van der Waals surface area contributed by atoms with Gasteiger partial charge in [-0.3, -0.25) is 9.69 Å². The van der Waals surface area contributed by atoms with Gasteiger partial charge in [0, 0.05) is 11.6 Å². The van der Waals surface area contributed by atoms with Crippen LogP contribution < -0.4 is 5.32 Å². The van der Waals surface area contributed by atoms with Crippen LogP contribution in [0.25, 0.3) is 0 Å². The Balaban J connectivity index is 1.69. The van der Waals surface area contributed by atoms with E-state index in [1.54, 1.807) is 11.0 Å². The zero-order valence-electron chi connectivity index (χ0n) is 25.1. The first kappa shape index (κ1) is 32.7. The van der Waals surface area contributed by atoms with E-state index < -0.39 is 30.2 Å². The minimum Gasteiger partial charge on any atom is -0.447 e. The third kappa shape index (κ3) is 8.37. The first-order chi connectivity index (χ1) is 19.2. The van der Waals surface area contributed by atoms with Gasteiger partial charge in [-0.25, -0.2) is 4.79 Å². The molecule has 2 aliphatic heterocycles. The van der Waals surface area contributed by atoms with Crippen LogP contribution in [-0.2, 0) is 16.0 Å².